The Hall–Kier alpha value is -2.81. The lowest BCUT2D eigenvalue weighted by molar-refractivity contribution is -0.138. The van der Waals surface area contributed by atoms with E-state index in [0.29, 0.717) is 11.1 Å². The average Bonchev–Trinajstić information content (AvgIpc) is 3.44. The van der Waals surface area contributed by atoms with Crippen LogP contribution < -0.4 is 5.32 Å². The molecular weight excluding hydrogens is 402 g/mol. The number of epoxide rings is 1. The molecule has 2 saturated heterocycles. The number of hydrogen-bond donors (Lipinski definition) is 3. The number of morpholine rings is 1. The third kappa shape index (κ3) is 4.92. The Bertz CT molecular complexity index is 924. The third-order valence-corrected chi connectivity index (χ3v) is 5.18. The summed E-state index contributed by atoms with van der Waals surface area (Å²) >= 11 is 0. The fourth-order valence-electron chi connectivity index (χ4n) is 3.54. The predicted octanol–water partition coefficient (Wildman–Crippen LogP) is 1.41. The molecule has 8 nitrogen and oxygen atoms in total. The van der Waals surface area contributed by atoms with Crippen molar-refractivity contribution < 1.29 is 34.1 Å². The van der Waals surface area contributed by atoms with Gasteiger partial charge in [0.05, 0.1) is 12.7 Å². The fourth-order valence-corrected chi connectivity index (χ4v) is 3.54. The first-order valence-corrected chi connectivity index (χ1v) is 9.90. The maximum absolute atomic E-state index is 12.8. The number of methoxy groups -OCH3 is 1. The Kier molecular flexibility index (Phi) is 7.54. The van der Waals surface area contributed by atoms with Gasteiger partial charge in [0.2, 0.25) is 11.4 Å². The van der Waals surface area contributed by atoms with Gasteiger partial charge in [-0.1, -0.05) is 41.5 Å². The predicted molar refractivity (Wildman–Crippen MR) is 114 cm³/mol. The lowest BCUT2D eigenvalue weighted by Gasteiger charge is -2.22. The Labute approximate surface area is 181 Å². The van der Waals surface area contributed by atoms with Gasteiger partial charge < -0.3 is 25.0 Å². The molecule has 2 fully saturated rings. The molecule has 2 heterocycles. The molecule has 2 rings (SSSR count). The first-order chi connectivity index (χ1) is 14.5. The summed E-state index contributed by atoms with van der Waals surface area (Å²) in [6, 6.07) is 0. The lowest BCUT2D eigenvalue weighted by atomic mass is 9.92. The molecule has 0 aliphatic carbocycles. The maximum atomic E-state index is 12.8. The van der Waals surface area contributed by atoms with Gasteiger partial charge in [0.15, 0.2) is 11.8 Å². The minimum atomic E-state index is -1.74. The van der Waals surface area contributed by atoms with Crippen molar-refractivity contribution in [3.8, 4) is 0 Å². The summed E-state index contributed by atoms with van der Waals surface area (Å²) < 4.78 is 10.0. The Balaban J connectivity index is 2.08. The summed E-state index contributed by atoms with van der Waals surface area (Å²) in [5.41, 5.74) is -1.000. The highest BCUT2D eigenvalue weighted by atomic mass is 16.6. The maximum Gasteiger partial charge on any atom is 0.337 e. The average molecular weight is 431 g/mol. The van der Waals surface area contributed by atoms with Gasteiger partial charge in [-0.15, -0.1) is 0 Å². The van der Waals surface area contributed by atoms with Crippen molar-refractivity contribution in [2.45, 2.75) is 51.5 Å². The van der Waals surface area contributed by atoms with Gasteiger partial charge in [0, 0.05) is 13.0 Å². The number of carbonyl (C=O) groups is 3. The number of rotatable bonds is 9. The van der Waals surface area contributed by atoms with Crippen LogP contribution in [0.25, 0.3) is 0 Å². The zero-order chi connectivity index (χ0) is 23.4. The van der Waals surface area contributed by atoms with E-state index in [1.54, 1.807) is 44.2 Å². The van der Waals surface area contributed by atoms with Crippen molar-refractivity contribution in [1.82, 2.24) is 5.32 Å². The molecule has 0 aromatic heterocycles. The Morgan fingerprint density at radius 3 is 2.45 bits per heavy atom. The summed E-state index contributed by atoms with van der Waals surface area (Å²) in [6.07, 6.45) is 9.13. The number of fused-ring (bicyclic) bond motifs is 1. The summed E-state index contributed by atoms with van der Waals surface area (Å²) in [7, 11) is 1.33. The molecule has 31 heavy (non-hydrogen) atoms. The third-order valence-electron chi connectivity index (χ3n) is 5.18. The number of hydrogen-bond acceptors (Lipinski definition) is 7. The van der Waals surface area contributed by atoms with Crippen LogP contribution >= 0.6 is 0 Å². The quantitative estimate of drug-likeness (QED) is 0.166. The second-order valence-corrected chi connectivity index (χ2v) is 7.64. The number of ether oxygens (including phenoxy) is 2. The fraction of sp³-hybridized carbons (Fsp3) is 0.435. The van der Waals surface area contributed by atoms with Crippen LogP contribution in [0.5, 0.6) is 0 Å². The second kappa shape index (κ2) is 9.55. The van der Waals surface area contributed by atoms with Crippen molar-refractivity contribution in [1.29, 1.82) is 0 Å². The van der Waals surface area contributed by atoms with Gasteiger partial charge in [-0.2, -0.15) is 0 Å². The van der Waals surface area contributed by atoms with Gasteiger partial charge in [0.25, 0.3) is 5.91 Å². The van der Waals surface area contributed by atoms with E-state index in [4.69, 9.17) is 14.6 Å². The van der Waals surface area contributed by atoms with Crippen molar-refractivity contribution in [3.05, 3.63) is 58.7 Å². The summed E-state index contributed by atoms with van der Waals surface area (Å²) in [5, 5.41) is 21.8. The van der Waals surface area contributed by atoms with Gasteiger partial charge >= 0.3 is 5.97 Å². The van der Waals surface area contributed by atoms with Gasteiger partial charge in [0.1, 0.15) is 0 Å². The number of amides is 1. The molecule has 0 bridgehead atoms. The first kappa shape index (κ1) is 24.5. The van der Waals surface area contributed by atoms with Crippen LogP contribution in [0.2, 0.25) is 0 Å². The van der Waals surface area contributed by atoms with E-state index in [-0.39, 0.29) is 13.0 Å². The largest absolute Gasteiger partial charge is 0.465 e. The minimum absolute atomic E-state index is 0.122. The Morgan fingerprint density at radius 1 is 1.23 bits per heavy atom. The van der Waals surface area contributed by atoms with Crippen molar-refractivity contribution in [2.24, 2.45) is 0 Å². The van der Waals surface area contributed by atoms with E-state index in [1.165, 1.54) is 7.11 Å². The molecule has 2 aliphatic heterocycles. The van der Waals surface area contributed by atoms with E-state index in [9.17, 15) is 19.5 Å². The number of esters is 1. The number of ketones is 1. The number of nitrogens with one attached hydrogen (secondary N) is 1. The molecule has 0 saturated carbocycles. The lowest BCUT2D eigenvalue weighted by Crippen LogP contribution is -2.48. The van der Waals surface area contributed by atoms with Crippen LogP contribution in [0.1, 0.15) is 34.1 Å². The van der Waals surface area contributed by atoms with Crippen molar-refractivity contribution in [3.63, 3.8) is 0 Å². The van der Waals surface area contributed by atoms with Crippen LogP contribution in [0.15, 0.2) is 58.7 Å². The van der Waals surface area contributed by atoms with Gasteiger partial charge in [-0.25, -0.2) is 4.79 Å². The number of carbonyl (C=O) groups excluding carboxylic acids is 3. The molecule has 3 atom stereocenters. The zero-order valence-electron chi connectivity index (χ0n) is 18.4. The number of aliphatic hydroxyl groups excluding tert-OH is 1. The highest BCUT2D eigenvalue weighted by molar-refractivity contribution is 6.21. The number of aliphatic hydroxyl groups is 2. The molecule has 0 unspecified atom stereocenters. The molecule has 8 heteroatoms. The topological polar surface area (TPSA) is 125 Å². The monoisotopic (exact) mass is 431 g/mol. The molecule has 168 valence electrons. The normalized spacial score (nSPS) is 29.1. The van der Waals surface area contributed by atoms with Crippen LogP contribution in [0.3, 0.4) is 0 Å². The second-order valence-electron chi connectivity index (χ2n) is 7.64. The molecule has 2 aliphatic rings. The van der Waals surface area contributed by atoms with Gasteiger partial charge in [-0.3, -0.25) is 9.59 Å². The molecule has 0 radical (unpaired) electrons. The van der Waals surface area contributed by atoms with E-state index < -0.39 is 35.1 Å². The highest BCUT2D eigenvalue weighted by Crippen LogP contribution is 2.50. The number of Topliss-reactive ketones (excluding diaryl/α,β-unsaturated/α-hetero) is 1. The van der Waals surface area contributed by atoms with Crippen LogP contribution in [-0.2, 0) is 23.9 Å². The summed E-state index contributed by atoms with van der Waals surface area (Å²) in [5.74, 6) is -1.64. The van der Waals surface area contributed by atoms with E-state index in [0.717, 1.165) is 11.1 Å². The van der Waals surface area contributed by atoms with Crippen molar-refractivity contribution in [2.75, 3.05) is 13.7 Å². The SMILES string of the molecule is C\C=C(/C=C(C)/C=C(C)/C=C/C=C(\C)C(=O)[C@]12O[C@@H]1[C@@](O)(CCO)NC2=O)C(=O)OC. The van der Waals surface area contributed by atoms with Crippen LogP contribution in [0.4, 0.5) is 0 Å². The summed E-state index contributed by atoms with van der Waals surface area (Å²) in [4.78, 5) is 36.7. The zero-order valence-corrected chi connectivity index (χ0v) is 18.4. The van der Waals surface area contributed by atoms with Crippen LogP contribution in [-0.4, -0.2) is 59.0 Å². The molecule has 3 N–H and O–H groups in total. The minimum Gasteiger partial charge on any atom is -0.465 e. The number of allylic oxidation sites excluding steroid dienone is 7. The van der Waals surface area contributed by atoms with Crippen LogP contribution in [0, 0.1) is 0 Å². The Morgan fingerprint density at radius 2 is 1.90 bits per heavy atom. The standard InChI is InChI=1S/C23H29NO7/c1-6-17(19(27)30-5)13-15(3)12-14(2)8-7-9-16(4)18(26)23-20(31-23)22(29,10-11-25)24-21(23)28/h6-9,12-13,20,25,29H,10-11H2,1-5H3,(H,24,28)/b8-7+,14-12+,15-13+,16-9+,17-6+/t20-,22+,23+/m1/s1. The first-order valence-electron chi connectivity index (χ1n) is 9.90. The van der Waals surface area contributed by atoms with Crippen molar-refractivity contribution >= 4 is 17.7 Å². The smallest absolute Gasteiger partial charge is 0.337 e. The van der Waals surface area contributed by atoms with E-state index >= 15 is 0 Å². The molecule has 1 amide bonds. The molecule has 0 spiro atoms. The van der Waals surface area contributed by atoms with Gasteiger partial charge in [-0.05, 0) is 39.3 Å². The molecular formula is C23H29NO7. The summed E-state index contributed by atoms with van der Waals surface area (Å²) in [6.45, 7) is 6.68. The molecule has 0 aromatic rings. The highest BCUT2D eigenvalue weighted by Gasteiger charge is 2.80. The van der Waals surface area contributed by atoms with E-state index in [1.807, 2.05) is 19.9 Å². The van der Waals surface area contributed by atoms with E-state index in [2.05, 4.69) is 5.32 Å². The molecule has 0 aromatic carbocycles.